The van der Waals surface area contributed by atoms with E-state index in [1.807, 2.05) is 41.2 Å². The van der Waals surface area contributed by atoms with Crippen molar-refractivity contribution in [1.82, 2.24) is 4.57 Å². The topological polar surface area (TPSA) is 46.1 Å². The molecule has 2 aromatic carbocycles. The summed E-state index contributed by atoms with van der Waals surface area (Å²) in [6, 6.07) is 14.7. The van der Waals surface area contributed by atoms with E-state index in [0.717, 1.165) is 17.8 Å². The molecule has 128 valence electrons. The van der Waals surface area contributed by atoms with Gasteiger partial charge in [0.2, 0.25) is 0 Å². The monoisotopic (exact) mass is 345 g/mol. The highest BCUT2D eigenvalue weighted by Crippen LogP contribution is 2.30. The number of carbonyl (C=O) groups is 1. The van der Waals surface area contributed by atoms with Gasteiger partial charge in [0.15, 0.2) is 0 Å². The molecule has 2 N–H and O–H groups in total. The number of anilines is 2. The lowest BCUT2D eigenvalue weighted by molar-refractivity contribution is -0.137. The Kier molecular flexibility index (Phi) is 4.47. The van der Waals surface area contributed by atoms with Gasteiger partial charge in [0.25, 0.3) is 0 Å². The number of halogens is 3. The van der Waals surface area contributed by atoms with Crippen molar-refractivity contribution in [1.29, 1.82) is 0 Å². The first-order valence-corrected chi connectivity index (χ1v) is 7.40. The lowest BCUT2D eigenvalue weighted by atomic mass is 10.2. The minimum absolute atomic E-state index is 0.0660. The number of nitrogens with zero attached hydrogens (tertiary/aromatic N) is 1. The van der Waals surface area contributed by atoms with E-state index in [1.165, 1.54) is 12.1 Å². The summed E-state index contributed by atoms with van der Waals surface area (Å²) in [6.07, 6.45) is -0.673. The van der Waals surface area contributed by atoms with Gasteiger partial charge in [0, 0.05) is 29.5 Å². The third kappa shape index (κ3) is 4.20. The average molecular weight is 345 g/mol. The van der Waals surface area contributed by atoms with Crippen molar-refractivity contribution in [3.8, 4) is 5.69 Å². The van der Waals surface area contributed by atoms with Gasteiger partial charge in [-0.05, 0) is 54.6 Å². The van der Waals surface area contributed by atoms with Crippen LogP contribution >= 0.6 is 0 Å². The summed E-state index contributed by atoms with van der Waals surface area (Å²) in [6.45, 7) is 0. The average Bonchev–Trinajstić information content (AvgIpc) is 3.09. The molecule has 25 heavy (non-hydrogen) atoms. The Balaban J connectivity index is 1.65. The Labute approximate surface area is 141 Å². The molecule has 1 aromatic heterocycles. The maximum absolute atomic E-state index is 12.7. The molecule has 0 spiro atoms. The number of nitrogens with one attached hydrogen (secondary N) is 2. The summed E-state index contributed by atoms with van der Waals surface area (Å²) in [5, 5.41) is 4.97. The van der Waals surface area contributed by atoms with Crippen molar-refractivity contribution >= 4 is 17.4 Å². The number of hydrogen-bond donors (Lipinski definition) is 2. The summed E-state index contributed by atoms with van der Waals surface area (Å²) in [7, 11) is 0. The molecule has 3 rings (SSSR count). The summed E-state index contributed by atoms with van der Waals surface area (Å²) >= 11 is 0. The molecule has 0 saturated heterocycles. The van der Waals surface area contributed by atoms with Crippen LogP contribution in [0.1, 0.15) is 5.56 Å². The van der Waals surface area contributed by atoms with Crippen LogP contribution in [-0.2, 0) is 6.18 Å². The third-order valence-corrected chi connectivity index (χ3v) is 3.48. The number of urea groups is 1. The Morgan fingerprint density at radius 3 is 2.12 bits per heavy atom. The van der Waals surface area contributed by atoms with Crippen molar-refractivity contribution < 1.29 is 18.0 Å². The SMILES string of the molecule is O=C(Nc1ccc(-n2cccc2)cc1)Nc1cccc(C(F)(F)F)c1. The van der Waals surface area contributed by atoms with Crippen molar-refractivity contribution in [2.45, 2.75) is 6.18 Å². The smallest absolute Gasteiger partial charge is 0.324 e. The Hall–Kier alpha value is -3.22. The van der Waals surface area contributed by atoms with Gasteiger partial charge in [-0.25, -0.2) is 4.79 Å². The van der Waals surface area contributed by atoms with Gasteiger partial charge in [-0.1, -0.05) is 6.07 Å². The Morgan fingerprint density at radius 2 is 1.48 bits per heavy atom. The summed E-state index contributed by atoms with van der Waals surface area (Å²) in [5.41, 5.74) is 0.701. The minimum atomic E-state index is -4.46. The molecule has 0 radical (unpaired) electrons. The van der Waals surface area contributed by atoms with Crippen LogP contribution in [0.2, 0.25) is 0 Å². The number of alkyl halides is 3. The van der Waals surface area contributed by atoms with E-state index in [-0.39, 0.29) is 5.69 Å². The molecule has 0 aliphatic rings. The maximum Gasteiger partial charge on any atom is 0.416 e. The van der Waals surface area contributed by atoms with E-state index in [1.54, 1.807) is 12.1 Å². The van der Waals surface area contributed by atoms with Crippen molar-refractivity contribution in [2.24, 2.45) is 0 Å². The van der Waals surface area contributed by atoms with Crippen LogP contribution in [0.25, 0.3) is 5.69 Å². The predicted octanol–water partition coefficient (Wildman–Crippen LogP) is 5.14. The number of rotatable bonds is 3. The zero-order valence-corrected chi connectivity index (χ0v) is 12.9. The molecule has 0 aliphatic heterocycles. The highest BCUT2D eigenvalue weighted by molar-refractivity contribution is 5.99. The molecule has 0 saturated carbocycles. The predicted molar refractivity (Wildman–Crippen MR) is 89.9 cm³/mol. The maximum atomic E-state index is 12.7. The molecule has 7 heteroatoms. The molecule has 0 aliphatic carbocycles. The molecule has 3 aromatic rings. The molecule has 0 fully saturated rings. The Bertz CT molecular complexity index is 856. The zero-order valence-electron chi connectivity index (χ0n) is 12.9. The van der Waals surface area contributed by atoms with Gasteiger partial charge in [0.1, 0.15) is 0 Å². The van der Waals surface area contributed by atoms with Crippen LogP contribution < -0.4 is 10.6 Å². The fraction of sp³-hybridized carbons (Fsp3) is 0.0556. The van der Waals surface area contributed by atoms with Gasteiger partial charge < -0.3 is 15.2 Å². The molecule has 0 bridgehead atoms. The summed E-state index contributed by atoms with van der Waals surface area (Å²) < 4.78 is 39.9. The third-order valence-electron chi connectivity index (χ3n) is 3.48. The first-order chi connectivity index (χ1) is 11.9. The van der Waals surface area contributed by atoms with Crippen molar-refractivity contribution in [3.05, 3.63) is 78.6 Å². The van der Waals surface area contributed by atoms with Crippen molar-refractivity contribution in [2.75, 3.05) is 10.6 Å². The van der Waals surface area contributed by atoms with Crippen LogP contribution in [0, 0.1) is 0 Å². The molecule has 4 nitrogen and oxygen atoms in total. The number of hydrogen-bond acceptors (Lipinski definition) is 1. The normalized spacial score (nSPS) is 11.2. The Morgan fingerprint density at radius 1 is 0.840 bits per heavy atom. The highest BCUT2D eigenvalue weighted by Gasteiger charge is 2.30. The van der Waals surface area contributed by atoms with E-state index in [0.29, 0.717) is 5.69 Å². The molecule has 0 unspecified atom stereocenters. The lowest BCUT2D eigenvalue weighted by Gasteiger charge is -2.11. The largest absolute Gasteiger partial charge is 0.416 e. The second-order valence-electron chi connectivity index (χ2n) is 5.29. The molecular formula is C18H14F3N3O. The molecular weight excluding hydrogens is 331 g/mol. The van der Waals surface area contributed by atoms with Crippen molar-refractivity contribution in [3.63, 3.8) is 0 Å². The summed E-state index contributed by atoms with van der Waals surface area (Å²) in [4.78, 5) is 11.9. The van der Waals surface area contributed by atoms with Gasteiger partial charge in [-0.15, -0.1) is 0 Å². The standard InChI is InChI=1S/C18H14F3N3O/c19-18(20,21)13-4-3-5-15(12-13)23-17(25)22-14-6-8-16(9-7-14)24-10-1-2-11-24/h1-12H,(H2,22,23,25). The van der Waals surface area contributed by atoms with Crippen LogP contribution in [0.15, 0.2) is 73.1 Å². The van der Waals surface area contributed by atoms with E-state index in [4.69, 9.17) is 0 Å². The van der Waals surface area contributed by atoms with E-state index >= 15 is 0 Å². The fourth-order valence-corrected chi connectivity index (χ4v) is 2.29. The number of aromatic nitrogens is 1. The second kappa shape index (κ2) is 6.72. The van der Waals surface area contributed by atoms with Crippen LogP contribution in [0.3, 0.4) is 0 Å². The summed E-state index contributed by atoms with van der Waals surface area (Å²) in [5.74, 6) is 0. The van der Waals surface area contributed by atoms with Crippen LogP contribution in [0.5, 0.6) is 0 Å². The lowest BCUT2D eigenvalue weighted by Crippen LogP contribution is -2.19. The van der Waals surface area contributed by atoms with Crippen LogP contribution in [0.4, 0.5) is 29.3 Å². The van der Waals surface area contributed by atoms with E-state index in [2.05, 4.69) is 10.6 Å². The first kappa shape index (κ1) is 16.6. The van der Waals surface area contributed by atoms with Gasteiger partial charge >= 0.3 is 12.2 Å². The van der Waals surface area contributed by atoms with E-state index in [9.17, 15) is 18.0 Å². The van der Waals surface area contributed by atoms with Gasteiger partial charge in [-0.3, -0.25) is 0 Å². The fourth-order valence-electron chi connectivity index (χ4n) is 2.29. The molecule has 0 atom stereocenters. The second-order valence-corrected chi connectivity index (χ2v) is 5.29. The minimum Gasteiger partial charge on any atom is -0.324 e. The van der Waals surface area contributed by atoms with Crippen LogP contribution in [-0.4, -0.2) is 10.6 Å². The zero-order chi connectivity index (χ0) is 17.9. The number of carbonyl (C=O) groups excluding carboxylic acids is 1. The first-order valence-electron chi connectivity index (χ1n) is 7.40. The van der Waals surface area contributed by atoms with E-state index < -0.39 is 17.8 Å². The highest BCUT2D eigenvalue weighted by atomic mass is 19.4. The quantitative estimate of drug-likeness (QED) is 0.678. The number of benzene rings is 2. The number of amides is 2. The molecule has 1 heterocycles. The molecule has 2 amide bonds. The van der Waals surface area contributed by atoms with Gasteiger partial charge in [0.05, 0.1) is 5.56 Å². The van der Waals surface area contributed by atoms with Gasteiger partial charge in [-0.2, -0.15) is 13.2 Å².